The molecule has 2 fully saturated rings. The third-order valence-corrected chi connectivity index (χ3v) is 8.43. The Bertz CT molecular complexity index is 986. The Morgan fingerprint density at radius 1 is 1.23 bits per heavy atom. The quantitative estimate of drug-likeness (QED) is 0.553. The van der Waals surface area contributed by atoms with Crippen molar-refractivity contribution in [3.63, 3.8) is 0 Å². The standard InChI is InChI=1S/C19H26N6O4S2/c1-15(30-19-20-21-22-25(19)14-16-6-5-13-29-16)18(26)23-9-11-24(12-10-23)31(27,28)17-7-3-2-4-8-17/h2-4,7-8,15-16H,5-6,9-14H2,1H3/t15-,16-/m1/s1. The molecule has 31 heavy (non-hydrogen) atoms. The van der Waals surface area contributed by atoms with Crippen LogP contribution >= 0.6 is 11.8 Å². The van der Waals surface area contributed by atoms with E-state index in [1.54, 1.807) is 39.9 Å². The number of thioether (sulfide) groups is 1. The highest BCUT2D eigenvalue weighted by atomic mass is 32.2. The van der Waals surface area contributed by atoms with E-state index in [9.17, 15) is 13.2 Å². The van der Waals surface area contributed by atoms with Gasteiger partial charge in [-0.05, 0) is 42.3 Å². The van der Waals surface area contributed by atoms with E-state index in [-0.39, 0.29) is 35.2 Å². The van der Waals surface area contributed by atoms with E-state index < -0.39 is 10.0 Å². The maximum atomic E-state index is 12.9. The summed E-state index contributed by atoms with van der Waals surface area (Å²) in [5, 5.41) is 12.0. The topological polar surface area (TPSA) is 111 Å². The number of aromatic nitrogens is 4. The van der Waals surface area contributed by atoms with E-state index in [4.69, 9.17) is 4.74 Å². The minimum absolute atomic E-state index is 0.0478. The molecular formula is C19H26N6O4S2. The molecule has 2 aliphatic rings. The van der Waals surface area contributed by atoms with Crippen LogP contribution in [0.15, 0.2) is 40.4 Å². The fourth-order valence-electron chi connectivity index (χ4n) is 3.73. The molecule has 2 aliphatic heterocycles. The zero-order valence-corrected chi connectivity index (χ0v) is 19.0. The first-order valence-corrected chi connectivity index (χ1v) is 12.7. The van der Waals surface area contributed by atoms with Crippen LogP contribution in [-0.2, 0) is 26.1 Å². The number of carbonyl (C=O) groups is 1. The molecule has 0 unspecified atom stereocenters. The maximum absolute atomic E-state index is 12.9. The molecular weight excluding hydrogens is 440 g/mol. The van der Waals surface area contributed by atoms with Gasteiger partial charge in [-0.3, -0.25) is 4.79 Å². The van der Waals surface area contributed by atoms with Gasteiger partial charge >= 0.3 is 0 Å². The van der Waals surface area contributed by atoms with Crippen molar-refractivity contribution in [1.82, 2.24) is 29.4 Å². The second kappa shape index (κ2) is 9.63. The number of tetrazole rings is 1. The normalized spacial score (nSPS) is 21.3. The predicted molar refractivity (Wildman–Crippen MR) is 114 cm³/mol. The van der Waals surface area contributed by atoms with Crippen molar-refractivity contribution in [2.24, 2.45) is 0 Å². The largest absolute Gasteiger partial charge is 0.376 e. The lowest BCUT2D eigenvalue weighted by atomic mass is 10.2. The van der Waals surface area contributed by atoms with Crippen LogP contribution in [0.4, 0.5) is 0 Å². The minimum Gasteiger partial charge on any atom is -0.376 e. The molecule has 0 radical (unpaired) electrons. The van der Waals surface area contributed by atoms with Crippen molar-refractivity contribution in [1.29, 1.82) is 0 Å². The van der Waals surface area contributed by atoms with E-state index in [0.29, 0.717) is 24.8 Å². The van der Waals surface area contributed by atoms with E-state index in [1.165, 1.54) is 16.1 Å². The van der Waals surface area contributed by atoms with Gasteiger partial charge in [-0.15, -0.1) is 5.10 Å². The number of carbonyl (C=O) groups excluding carboxylic acids is 1. The van der Waals surface area contributed by atoms with E-state index in [2.05, 4.69) is 15.5 Å². The zero-order chi connectivity index (χ0) is 21.8. The van der Waals surface area contributed by atoms with Gasteiger partial charge in [-0.2, -0.15) is 4.31 Å². The lowest BCUT2D eigenvalue weighted by Gasteiger charge is -2.35. The van der Waals surface area contributed by atoms with Gasteiger partial charge < -0.3 is 9.64 Å². The minimum atomic E-state index is -3.54. The van der Waals surface area contributed by atoms with Gasteiger partial charge in [-0.1, -0.05) is 30.0 Å². The second-order valence-electron chi connectivity index (χ2n) is 7.58. The molecule has 12 heteroatoms. The van der Waals surface area contributed by atoms with Crippen LogP contribution in [0, 0.1) is 0 Å². The summed E-state index contributed by atoms with van der Waals surface area (Å²) >= 11 is 1.31. The van der Waals surface area contributed by atoms with Crippen LogP contribution in [0.1, 0.15) is 19.8 Å². The average Bonchev–Trinajstić information content (AvgIpc) is 3.46. The SMILES string of the molecule is C[C@@H](Sc1nnnn1C[C@H]1CCCO1)C(=O)N1CCN(S(=O)(=O)c2ccccc2)CC1. The number of ether oxygens (including phenoxy) is 1. The van der Waals surface area contributed by atoms with Gasteiger partial charge in [0.15, 0.2) is 0 Å². The molecule has 10 nitrogen and oxygen atoms in total. The van der Waals surface area contributed by atoms with Crippen molar-refractivity contribution in [2.75, 3.05) is 32.8 Å². The molecule has 0 bridgehead atoms. The first kappa shape index (κ1) is 22.2. The summed E-state index contributed by atoms with van der Waals surface area (Å²) in [5.74, 6) is -0.0478. The fourth-order valence-corrected chi connectivity index (χ4v) is 6.06. The first-order chi connectivity index (χ1) is 14.9. The highest BCUT2D eigenvalue weighted by Gasteiger charge is 2.32. The first-order valence-electron chi connectivity index (χ1n) is 10.3. The number of benzene rings is 1. The second-order valence-corrected chi connectivity index (χ2v) is 10.8. The Balaban J connectivity index is 1.32. The number of rotatable bonds is 7. The lowest BCUT2D eigenvalue weighted by molar-refractivity contribution is -0.131. The van der Waals surface area contributed by atoms with Gasteiger partial charge in [-0.25, -0.2) is 13.1 Å². The van der Waals surface area contributed by atoms with Crippen molar-refractivity contribution in [3.05, 3.63) is 30.3 Å². The fraction of sp³-hybridized carbons (Fsp3) is 0.579. The number of sulfonamides is 1. The molecule has 2 aromatic rings. The number of nitrogens with zero attached hydrogens (tertiary/aromatic N) is 6. The van der Waals surface area contributed by atoms with Crippen LogP contribution < -0.4 is 0 Å². The lowest BCUT2D eigenvalue weighted by Crippen LogP contribution is -2.52. The number of piperazine rings is 1. The maximum Gasteiger partial charge on any atom is 0.243 e. The van der Waals surface area contributed by atoms with Crippen molar-refractivity contribution < 1.29 is 17.9 Å². The van der Waals surface area contributed by atoms with Gasteiger partial charge in [0.1, 0.15) is 0 Å². The molecule has 3 heterocycles. The van der Waals surface area contributed by atoms with Crippen molar-refractivity contribution >= 4 is 27.7 Å². The van der Waals surface area contributed by atoms with Crippen LogP contribution in [0.2, 0.25) is 0 Å². The summed E-state index contributed by atoms with van der Waals surface area (Å²) in [4.78, 5) is 14.9. The monoisotopic (exact) mass is 466 g/mol. The molecule has 1 aromatic heterocycles. The predicted octanol–water partition coefficient (Wildman–Crippen LogP) is 0.866. The summed E-state index contributed by atoms with van der Waals surface area (Å²) in [5.41, 5.74) is 0. The Morgan fingerprint density at radius 3 is 2.65 bits per heavy atom. The molecule has 1 aromatic carbocycles. The van der Waals surface area contributed by atoms with Crippen molar-refractivity contribution in [3.8, 4) is 0 Å². The summed E-state index contributed by atoms with van der Waals surface area (Å²) in [6.45, 7) is 4.43. The molecule has 1 amide bonds. The number of hydrogen-bond acceptors (Lipinski definition) is 8. The average molecular weight is 467 g/mol. The van der Waals surface area contributed by atoms with Gasteiger partial charge in [0, 0.05) is 32.8 Å². The highest BCUT2D eigenvalue weighted by Crippen LogP contribution is 2.25. The number of hydrogen-bond donors (Lipinski definition) is 0. The Morgan fingerprint density at radius 2 is 1.97 bits per heavy atom. The Kier molecular flexibility index (Phi) is 6.89. The van der Waals surface area contributed by atoms with Crippen LogP contribution in [0.3, 0.4) is 0 Å². The summed E-state index contributed by atoms with van der Waals surface area (Å²) in [6.07, 6.45) is 2.12. The Hall–Kier alpha value is -2.02. The van der Waals surface area contributed by atoms with Gasteiger partial charge in [0.2, 0.25) is 21.1 Å². The molecule has 2 atom stereocenters. The summed E-state index contributed by atoms with van der Waals surface area (Å²) < 4.78 is 34.3. The summed E-state index contributed by atoms with van der Waals surface area (Å²) in [7, 11) is -3.54. The summed E-state index contributed by atoms with van der Waals surface area (Å²) in [6, 6.07) is 8.38. The van der Waals surface area contributed by atoms with E-state index in [0.717, 1.165) is 19.4 Å². The molecule has 0 aliphatic carbocycles. The molecule has 4 rings (SSSR count). The smallest absolute Gasteiger partial charge is 0.243 e. The molecule has 2 saturated heterocycles. The van der Waals surface area contributed by atoms with Crippen molar-refractivity contribution in [2.45, 2.75) is 47.7 Å². The molecule has 0 saturated carbocycles. The third-order valence-electron chi connectivity index (χ3n) is 5.46. The third kappa shape index (κ3) is 5.08. The zero-order valence-electron chi connectivity index (χ0n) is 17.3. The molecule has 0 N–H and O–H groups in total. The van der Waals surface area contributed by atoms with Crippen LogP contribution in [0.25, 0.3) is 0 Å². The molecule has 168 valence electrons. The van der Waals surface area contributed by atoms with E-state index in [1.807, 2.05) is 6.92 Å². The van der Waals surface area contributed by atoms with Gasteiger partial charge in [0.25, 0.3) is 0 Å². The van der Waals surface area contributed by atoms with Gasteiger partial charge in [0.05, 0.1) is 22.8 Å². The Labute approximate surface area is 186 Å². The highest BCUT2D eigenvalue weighted by molar-refractivity contribution is 8.00. The number of amides is 1. The van der Waals surface area contributed by atoms with Crippen LogP contribution in [-0.4, -0.2) is 87.9 Å². The molecule has 0 spiro atoms. The van der Waals surface area contributed by atoms with E-state index >= 15 is 0 Å². The van der Waals surface area contributed by atoms with Crippen LogP contribution in [0.5, 0.6) is 0 Å².